The van der Waals surface area contributed by atoms with Gasteiger partial charge in [-0.25, -0.2) is 8.42 Å². The lowest BCUT2D eigenvalue weighted by molar-refractivity contribution is 0.0724. The highest BCUT2D eigenvalue weighted by Crippen LogP contribution is 2.19. The molecular weight excluding hydrogens is 280 g/mol. The van der Waals surface area contributed by atoms with E-state index in [1.807, 2.05) is 0 Å². The Morgan fingerprint density at radius 3 is 2.85 bits per heavy atom. The zero-order chi connectivity index (χ0) is 14.8. The van der Waals surface area contributed by atoms with Crippen molar-refractivity contribution in [3.63, 3.8) is 0 Å². The number of aromatic nitrogens is 1. The van der Waals surface area contributed by atoms with E-state index in [0.717, 1.165) is 0 Å². The lowest BCUT2D eigenvalue weighted by Crippen LogP contribution is -2.41. The molecule has 0 aliphatic carbocycles. The summed E-state index contributed by atoms with van der Waals surface area (Å²) in [5.74, 6) is 1.92. The zero-order valence-electron chi connectivity index (χ0n) is 10.7. The maximum absolute atomic E-state index is 12.4. The summed E-state index contributed by atoms with van der Waals surface area (Å²) >= 11 is 0. The van der Waals surface area contributed by atoms with Gasteiger partial charge in [-0.2, -0.15) is 0 Å². The Labute approximate surface area is 116 Å². The summed E-state index contributed by atoms with van der Waals surface area (Å²) in [6, 6.07) is 2.22. The third-order valence-corrected chi connectivity index (χ3v) is 4.94. The summed E-state index contributed by atoms with van der Waals surface area (Å²) < 4.78 is 23.0. The Bertz CT molecular complexity index is 714. The van der Waals surface area contributed by atoms with Crippen LogP contribution in [0.2, 0.25) is 0 Å². The smallest absolute Gasteiger partial charge is 0.255 e. The molecule has 20 heavy (non-hydrogen) atoms. The van der Waals surface area contributed by atoms with Crippen LogP contribution in [0.4, 0.5) is 0 Å². The molecule has 1 aromatic heterocycles. The maximum atomic E-state index is 12.4. The van der Waals surface area contributed by atoms with E-state index in [1.165, 1.54) is 23.2 Å². The van der Waals surface area contributed by atoms with Gasteiger partial charge in [0.15, 0.2) is 9.84 Å². The molecule has 1 fully saturated rings. The van der Waals surface area contributed by atoms with Crippen molar-refractivity contribution in [1.82, 2.24) is 9.88 Å². The Balaban J connectivity index is 2.28. The molecule has 0 radical (unpaired) electrons. The van der Waals surface area contributed by atoms with E-state index in [4.69, 9.17) is 6.42 Å². The van der Waals surface area contributed by atoms with Crippen molar-refractivity contribution in [2.24, 2.45) is 0 Å². The number of hydrogen-bond donors (Lipinski definition) is 1. The predicted molar refractivity (Wildman–Crippen MR) is 74.0 cm³/mol. The van der Waals surface area contributed by atoms with Crippen LogP contribution in [-0.4, -0.2) is 48.3 Å². The minimum absolute atomic E-state index is 0.0197. The molecule has 1 aliphatic rings. The van der Waals surface area contributed by atoms with E-state index in [0.29, 0.717) is 6.42 Å². The van der Waals surface area contributed by atoms with Crippen LogP contribution in [0.3, 0.4) is 0 Å². The number of rotatable bonds is 3. The second kappa shape index (κ2) is 5.51. The van der Waals surface area contributed by atoms with E-state index in [9.17, 15) is 18.0 Å². The van der Waals surface area contributed by atoms with Gasteiger partial charge in [-0.15, -0.1) is 6.42 Å². The molecule has 0 bridgehead atoms. The molecule has 7 heteroatoms. The number of nitrogens with zero attached hydrogens (tertiary/aromatic N) is 1. The molecule has 1 amide bonds. The van der Waals surface area contributed by atoms with Crippen molar-refractivity contribution in [3.8, 4) is 12.3 Å². The van der Waals surface area contributed by atoms with Gasteiger partial charge < -0.3 is 9.88 Å². The molecule has 6 nitrogen and oxygen atoms in total. The highest BCUT2D eigenvalue weighted by atomic mass is 32.2. The summed E-state index contributed by atoms with van der Waals surface area (Å²) in [7, 11) is -3.11. The molecule has 1 aromatic rings. The molecule has 0 aromatic carbocycles. The van der Waals surface area contributed by atoms with Crippen molar-refractivity contribution in [1.29, 1.82) is 0 Å². The molecule has 1 unspecified atom stereocenters. The molecule has 1 aliphatic heterocycles. The van der Waals surface area contributed by atoms with Crippen molar-refractivity contribution >= 4 is 15.7 Å². The van der Waals surface area contributed by atoms with Crippen molar-refractivity contribution in [2.45, 2.75) is 12.5 Å². The summed E-state index contributed by atoms with van der Waals surface area (Å²) in [4.78, 5) is 27.4. The lowest BCUT2D eigenvalue weighted by Gasteiger charge is -2.26. The number of sulfone groups is 1. The number of terminal acetylenes is 1. The van der Waals surface area contributed by atoms with Crippen molar-refractivity contribution < 1.29 is 13.2 Å². The fraction of sp³-hybridized carbons (Fsp3) is 0.385. The number of carbonyl (C=O) groups is 1. The first-order chi connectivity index (χ1) is 9.43. The average molecular weight is 294 g/mol. The minimum Gasteiger partial charge on any atom is -0.329 e. The SMILES string of the molecule is C#CCN(C(=O)c1cc[nH]c(=O)c1)C1CCS(=O)(=O)C1. The van der Waals surface area contributed by atoms with Crippen LogP contribution < -0.4 is 5.56 Å². The number of amides is 1. The number of hydrogen-bond acceptors (Lipinski definition) is 4. The van der Waals surface area contributed by atoms with E-state index < -0.39 is 27.3 Å². The number of pyridine rings is 1. The third kappa shape index (κ3) is 3.08. The van der Waals surface area contributed by atoms with Gasteiger partial charge in [0.05, 0.1) is 18.1 Å². The van der Waals surface area contributed by atoms with E-state index >= 15 is 0 Å². The van der Waals surface area contributed by atoms with Gasteiger partial charge in [0.25, 0.3) is 5.91 Å². The fourth-order valence-corrected chi connectivity index (χ4v) is 3.96. The minimum atomic E-state index is -3.11. The fourth-order valence-electron chi connectivity index (χ4n) is 2.23. The monoisotopic (exact) mass is 294 g/mol. The molecule has 1 N–H and O–H groups in total. The van der Waals surface area contributed by atoms with Crippen LogP contribution in [0.5, 0.6) is 0 Å². The molecule has 1 atom stereocenters. The van der Waals surface area contributed by atoms with Crippen LogP contribution >= 0.6 is 0 Å². The normalized spacial score (nSPS) is 20.2. The summed E-state index contributed by atoms with van der Waals surface area (Å²) in [6.07, 6.45) is 6.99. The Morgan fingerprint density at radius 2 is 2.30 bits per heavy atom. The Morgan fingerprint density at radius 1 is 1.55 bits per heavy atom. The van der Waals surface area contributed by atoms with Crippen LogP contribution in [-0.2, 0) is 9.84 Å². The number of aromatic amines is 1. The summed E-state index contributed by atoms with van der Waals surface area (Å²) in [5, 5.41) is 0. The van der Waals surface area contributed by atoms with Crippen LogP contribution in [0, 0.1) is 12.3 Å². The highest BCUT2D eigenvalue weighted by Gasteiger charge is 2.34. The van der Waals surface area contributed by atoms with Crippen molar-refractivity contribution in [3.05, 3.63) is 34.2 Å². The van der Waals surface area contributed by atoms with Crippen molar-refractivity contribution in [2.75, 3.05) is 18.1 Å². The summed E-state index contributed by atoms with van der Waals surface area (Å²) in [6.45, 7) is 0.0197. The molecular formula is C13H14N2O4S. The molecule has 2 heterocycles. The van der Waals surface area contributed by atoms with Gasteiger partial charge in [-0.3, -0.25) is 9.59 Å². The van der Waals surface area contributed by atoms with Crippen LogP contribution in [0.15, 0.2) is 23.1 Å². The number of nitrogens with one attached hydrogen (secondary N) is 1. The summed E-state index contributed by atoms with van der Waals surface area (Å²) in [5.41, 5.74) is -0.191. The third-order valence-electron chi connectivity index (χ3n) is 3.19. The second-order valence-corrected chi connectivity index (χ2v) is 6.86. The van der Waals surface area contributed by atoms with E-state index in [1.54, 1.807) is 0 Å². The van der Waals surface area contributed by atoms with Gasteiger partial charge in [0.2, 0.25) is 5.56 Å². The molecule has 2 rings (SSSR count). The Hall–Kier alpha value is -2.07. The largest absolute Gasteiger partial charge is 0.329 e. The van der Waals surface area contributed by atoms with Gasteiger partial charge in [0, 0.05) is 23.9 Å². The Kier molecular flexibility index (Phi) is 3.95. The van der Waals surface area contributed by atoms with Gasteiger partial charge in [0.1, 0.15) is 0 Å². The number of H-pyrrole nitrogens is 1. The van der Waals surface area contributed by atoms with Crippen LogP contribution in [0.1, 0.15) is 16.8 Å². The lowest BCUT2D eigenvalue weighted by atomic mass is 10.1. The second-order valence-electron chi connectivity index (χ2n) is 4.64. The quantitative estimate of drug-likeness (QED) is 0.771. The van der Waals surface area contributed by atoms with Gasteiger partial charge in [-0.05, 0) is 12.5 Å². The standard InChI is InChI=1S/C13H14N2O4S/c1-2-6-15(11-4-7-20(18,19)9-11)13(17)10-3-5-14-12(16)8-10/h1,3,5,8,11H,4,6-7,9H2,(H,14,16). The first kappa shape index (κ1) is 14.3. The van der Waals surface area contributed by atoms with E-state index in [-0.39, 0.29) is 23.6 Å². The van der Waals surface area contributed by atoms with E-state index in [2.05, 4.69) is 10.9 Å². The molecule has 106 valence electrons. The average Bonchev–Trinajstić information content (AvgIpc) is 2.75. The first-order valence-electron chi connectivity index (χ1n) is 6.06. The number of carbonyl (C=O) groups excluding carboxylic acids is 1. The molecule has 0 spiro atoms. The molecule has 1 saturated heterocycles. The highest BCUT2D eigenvalue weighted by molar-refractivity contribution is 7.91. The first-order valence-corrected chi connectivity index (χ1v) is 7.89. The van der Waals surface area contributed by atoms with Crippen LogP contribution in [0.25, 0.3) is 0 Å². The molecule has 0 saturated carbocycles. The topological polar surface area (TPSA) is 87.3 Å². The zero-order valence-corrected chi connectivity index (χ0v) is 11.5. The predicted octanol–water partition coefficient (Wildman–Crippen LogP) is -0.363. The van der Waals surface area contributed by atoms with Gasteiger partial charge in [-0.1, -0.05) is 5.92 Å². The maximum Gasteiger partial charge on any atom is 0.255 e. The van der Waals surface area contributed by atoms with Gasteiger partial charge >= 0.3 is 0 Å².